The van der Waals surface area contributed by atoms with Gasteiger partial charge in [-0.3, -0.25) is 0 Å². The van der Waals surface area contributed by atoms with Gasteiger partial charge >= 0.3 is 6.03 Å². The molecule has 1 aliphatic rings. The van der Waals surface area contributed by atoms with Gasteiger partial charge in [-0.25, -0.2) is 9.48 Å². The van der Waals surface area contributed by atoms with Crippen LogP contribution in [0.15, 0.2) is 36.7 Å². The Labute approximate surface area is 122 Å². The zero-order chi connectivity index (χ0) is 14.7. The van der Waals surface area contributed by atoms with Crippen molar-refractivity contribution < 1.29 is 9.53 Å². The summed E-state index contributed by atoms with van der Waals surface area (Å²) in [7, 11) is 0. The number of nitrogens with zero attached hydrogens (tertiary/aromatic N) is 4. The van der Waals surface area contributed by atoms with E-state index in [-0.39, 0.29) is 12.1 Å². The van der Waals surface area contributed by atoms with Crippen LogP contribution in [0.2, 0.25) is 0 Å². The lowest BCUT2D eigenvalue weighted by Crippen LogP contribution is -2.52. The van der Waals surface area contributed by atoms with E-state index >= 15 is 0 Å². The molecule has 7 heteroatoms. The van der Waals surface area contributed by atoms with E-state index in [1.165, 1.54) is 0 Å². The number of anilines is 1. The number of amides is 2. The van der Waals surface area contributed by atoms with E-state index in [1.807, 2.05) is 37.4 Å². The van der Waals surface area contributed by atoms with Crippen LogP contribution in [0, 0.1) is 0 Å². The highest BCUT2D eigenvalue weighted by Crippen LogP contribution is 2.26. The number of likely N-dealkylation sites (tertiary alicyclic amines) is 1. The van der Waals surface area contributed by atoms with E-state index < -0.39 is 0 Å². The topological polar surface area (TPSA) is 72.3 Å². The summed E-state index contributed by atoms with van der Waals surface area (Å²) in [6, 6.07) is 7.50. The first-order chi connectivity index (χ1) is 10.3. The third kappa shape index (κ3) is 2.81. The van der Waals surface area contributed by atoms with Crippen molar-refractivity contribution in [3.63, 3.8) is 0 Å². The Kier molecular flexibility index (Phi) is 3.72. The van der Waals surface area contributed by atoms with Gasteiger partial charge in [0.2, 0.25) is 0 Å². The van der Waals surface area contributed by atoms with Crippen molar-refractivity contribution in [3.05, 3.63) is 36.7 Å². The van der Waals surface area contributed by atoms with Crippen LogP contribution >= 0.6 is 0 Å². The van der Waals surface area contributed by atoms with Crippen molar-refractivity contribution in [2.75, 3.05) is 25.0 Å². The summed E-state index contributed by atoms with van der Waals surface area (Å²) in [6.07, 6.45) is 3.45. The normalized spacial score (nSPS) is 14.6. The average molecular weight is 287 g/mol. The molecule has 0 saturated carbocycles. The molecular weight excluding hydrogens is 270 g/mol. The Balaban J connectivity index is 1.58. The standard InChI is InChI=1S/C14H17N5O2/c1-2-21-13-6-4-3-5-12(13)16-14(20)18-9-11(10-18)19-8-7-15-17-19/h3-8,11H,2,9-10H2,1H3,(H,16,20). The van der Waals surface area contributed by atoms with Crippen LogP contribution in [-0.2, 0) is 0 Å². The molecule has 21 heavy (non-hydrogen) atoms. The predicted octanol–water partition coefficient (Wildman–Crippen LogP) is 1.77. The summed E-state index contributed by atoms with van der Waals surface area (Å²) in [5.41, 5.74) is 0.688. The number of carbonyl (C=O) groups excluding carboxylic acids is 1. The number of nitrogens with one attached hydrogen (secondary N) is 1. The predicted molar refractivity (Wildman–Crippen MR) is 77.3 cm³/mol. The molecule has 0 radical (unpaired) electrons. The second-order valence-electron chi connectivity index (χ2n) is 4.80. The lowest BCUT2D eigenvalue weighted by Gasteiger charge is -2.38. The van der Waals surface area contributed by atoms with Crippen LogP contribution in [0.4, 0.5) is 10.5 Å². The molecule has 1 fully saturated rings. The van der Waals surface area contributed by atoms with E-state index in [9.17, 15) is 4.79 Å². The lowest BCUT2D eigenvalue weighted by atomic mass is 10.1. The molecule has 0 bridgehead atoms. The Morgan fingerprint density at radius 3 is 2.95 bits per heavy atom. The number of aromatic nitrogens is 3. The number of para-hydroxylation sites is 2. The molecule has 2 aromatic rings. The monoisotopic (exact) mass is 287 g/mol. The van der Waals surface area contributed by atoms with E-state index in [2.05, 4.69) is 15.6 Å². The van der Waals surface area contributed by atoms with Crippen LogP contribution in [0.3, 0.4) is 0 Å². The van der Waals surface area contributed by atoms with Gasteiger partial charge < -0.3 is 15.0 Å². The van der Waals surface area contributed by atoms with Crippen molar-refractivity contribution in [1.29, 1.82) is 0 Å². The van der Waals surface area contributed by atoms with Gasteiger partial charge in [0.1, 0.15) is 5.75 Å². The molecule has 7 nitrogen and oxygen atoms in total. The Morgan fingerprint density at radius 1 is 1.43 bits per heavy atom. The van der Waals surface area contributed by atoms with Crippen LogP contribution in [0.5, 0.6) is 5.75 Å². The number of rotatable bonds is 4. The highest BCUT2D eigenvalue weighted by atomic mass is 16.5. The minimum Gasteiger partial charge on any atom is -0.492 e. The maximum atomic E-state index is 12.2. The maximum Gasteiger partial charge on any atom is 0.322 e. The highest BCUT2D eigenvalue weighted by molar-refractivity contribution is 5.91. The van der Waals surface area contributed by atoms with Gasteiger partial charge in [0.05, 0.1) is 24.5 Å². The molecule has 1 N–H and O–H groups in total. The molecule has 1 saturated heterocycles. The van der Waals surface area contributed by atoms with Crippen molar-refractivity contribution in [3.8, 4) is 5.75 Å². The minimum absolute atomic E-state index is 0.126. The van der Waals surface area contributed by atoms with E-state index in [0.717, 1.165) is 0 Å². The van der Waals surface area contributed by atoms with Gasteiger partial charge in [-0.05, 0) is 19.1 Å². The highest BCUT2D eigenvalue weighted by Gasteiger charge is 2.32. The van der Waals surface area contributed by atoms with Gasteiger partial charge in [0.15, 0.2) is 0 Å². The molecule has 0 unspecified atom stereocenters. The number of ether oxygens (including phenoxy) is 1. The first-order valence-corrected chi connectivity index (χ1v) is 6.91. The molecule has 1 aromatic carbocycles. The third-order valence-corrected chi connectivity index (χ3v) is 3.39. The molecular formula is C14H17N5O2. The first kappa shape index (κ1) is 13.4. The second kappa shape index (κ2) is 5.82. The molecule has 2 heterocycles. The van der Waals surface area contributed by atoms with Gasteiger partial charge in [-0.15, -0.1) is 5.10 Å². The number of urea groups is 1. The van der Waals surface area contributed by atoms with E-state index in [4.69, 9.17) is 4.74 Å². The van der Waals surface area contributed by atoms with Crippen LogP contribution in [0.25, 0.3) is 0 Å². The fraction of sp³-hybridized carbons (Fsp3) is 0.357. The molecule has 0 spiro atoms. The fourth-order valence-corrected chi connectivity index (χ4v) is 2.25. The van der Waals surface area contributed by atoms with Gasteiger partial charge in [0.25, 0.3) is 0 Å². The minimum atomic E-state index is -0.126. The Morgan fingerprint density at radius 2 is 2.24 bits per heavy atom. The molecule has 0 aliphatic carbocycles. The zero-order valence-corrected chi connectivity index (χ0v) is 11.8. The quantitative estimate of drug-likeness (QED) is 0.930. The first-order valence-electron chi connectivity index (χ1n) is 6.91. The zero-order valence-electron chi connectivity index (χ0n) is 11.8. The van der Waals surface area contributed by atoms with Crippen LogP contribution in [0.1, 0.15) is 13.0 Å². The van der Waals surface area contributed by atoms with Crippen LogP contribution < -0.4 is 10.1 Å². The van der Waals surface area contributed by atoms with E-state index in [1.54, 1.807) is 15.8 Å². The van der Waals surface area contributed by atoms with Crippen molar-refractivity contribution in [2.45, 2.75) is 13.0 Å². The summed E-state index contributed by atoms with van der Waals surface area (Å²) in [4.78, 5) is 13.9. The Hall–Kier alpha value is -2.57. The molecule has 0 atom stereocenters. The second-order valence-corrected chi connectivity index (χ2v) is 4.80. The van der Waals surface area contributed by atoms with Gasteiger partial charge in [-0.2, -0.15) is 0 Å². The summed E-state index contributed by atoms with van der Waals surface area (Å²) in [6.45, 7) is 3.74. The molecule has 110 valence electrons. The largest absolute Gasteiger partial charge is 0.492 e. The summed E-state index contributed by atoms with van der Waals surface area (Å²) >= 11 is 0. The van der Waals surface area contributed by atoms with Crippen molar-refractivity contribution in [2.24, 2.45) is 0 Å². The number of hydrogen-bond donors (Lipinski definition) is 1. The molecule has 1 aliphatic heterocycles. The van der Waals surface area contributed by atoms with E-state index in [0.29, 0.717) is 31.1 Å². The average Bonchev–Trinajstić information content (AvgIpc) is 2.93. The van der Waals surface area contributed by atoms with Gasteiger partial charge in [0, 0.05) is 19.3 Å². The summed E-state index contributed by atoms with van der Waals surface area (Å²) in [5.74, 6) is 0.682. The van der Waals surface area contributed by atoms with Crippen LogP contribution in [-0.4, -0.2) is 45.6 Å². The molecule has 1 aromatic heterocycles. The lowest BCUT2D eigenvalue weighted by molar-refractivity contribution is 0.127. The summed E-state index contributed by atoms with van der Waals surface area (Å²) in [5, 5.41) is 10.6. The number of hydrogen-bond acceptors (Lipinski definition) is 4. The van der Waals surface area contributed by atoms with Crippen molar-refractivity contribution in [1.82, 2.24) is 19.9 Å². The fourth-order valence-electron chi connectivity index (χ4n) is 2.25. The molecule has 2 amide bonds. The number of carbonyl (C=O) groups is 1. The Bertz CT molecular complexity index is 608. The molecule has 3 rings (SSSR count). The smallest absolute Gasteiger partial charge is 0.322 e. The maximum absolute atomic E-state index is 12.2. The van der Waals surface area contributed by atoms with Crippen molar-refractivity contribution >= 4 is 11.7 Å². The van der Waals surface area contributed by atoms with Gasteiger partial charge in [-0.1, -0.05) is 17.3 Å². The third-order valence-electron chi connectivity index (χ3n) is 3.39. The number of benzene rings is 1. The summed E-state index contributed by atoms with van der Waals surface area (Å²) < 4.78 is 7.27. The SMILES string of the molecule is CCOc1ccccc1NC(=O)N1CC(n2ccnn2)C1.